The summed E-state index contributed by atoms with van der Waals surface area (Å²) in [6.45, 7) is -0.299. The highest BCUT2D eigenvalue weighted by molar-refractivity contribution is 7.08. The molecule has 2 aromatic heterocycles. The van der Waals surface area contributed by atoms with Gasteiger partial charge >= 0.3 is 5.97 Å². The SMILES string of the molecule is COC(=O)c1cc(OCc2ncnn2CCF)ns1. The van der Waals surface area contributed by atoms with Crippen LogP contribution in [0.1, 0.15) is 15.5 Å². The maximum atomic E-state index is 12.2. The molecule has 0 fully saturated rings. The zero-order chi connectivity index (χ0) is 13.7. The minimum atomic E-state index is -0.528. The lowest BCUT2D eigenvalue weighted by atomic mass is 10.5. The fourth-order valence-corrected chi connectivity index (χ4v) is 1.93. The normalized spacial score (nSPS) is 10.4. The van der Waals surface area contributed by atoms with E-state index in [9.17, 15) is 9.18 Å². The maximum Gasteiger partial charge on any atom is 0.349 e. The summed E-state index contributed by atoms with van der Waals surface area (Å²) in [5, 5.41) is 3.86. The lowest BCUT2D eigenvalue weighted by Crippen LogP contribution is -2.10. The molecular formula is C10H11FN4O3S. The average molecular weight is 286 g/mol. The van der Waals surface area contributed by atoms with Gasteiger partial charge in [0.1, 0.15) is 24.5 Å². The molecule has 0 atom stereocenters. The van der Waals surface area contributed by atoms with Crippen molar-refractivity contribution in [1.82, 2.24) is 19.1 Å². The first-order valence-electron chi connectivity index (χ1n) is 5.35. The summed E-state index contributed by atoms with van der Waals surface area (Å²) in [5.41, 5.74) is 0. The van der Waals surface area contributed by atoms with Crippen LogP contribution in [0.15, 0.2) is 12.4 Å². The summed E-state index contributed by atoms with van der Waals surface area (Å²) in [7, 11) is 1.29. The number of alkyl halides is 1. The number of methoxy groups -OCH3 is 1. The summed E-state index contributed by atoms with van der Waals surface area (Å²) >= 11 is 0.982. The molecule has 0 saturated heterocycles. The van der Waals surface area contributed by atoms with Gasteiger partial charge in [-0.25, -0.2) is 18.9 Å². The number of ether oxygens (including phenoxy) is 2. The standard InChI is InChI=1S/C10H11FN4O3S/c1-17-10(16)7-4-9(14-19-7)18-5-8-12-6-13-15(8)3-2-11/h4,6H,2-3,5H2,1H3. The summed E-state index contributed by atoms with van der Waals surface area (Å²) in [5.74, 6) is 0.318. The van der Waals surface area contributed by atoms with Crippen molar-refractivity contribution in [3.05, 3.63) is 23.1 Å². The van der Waals surface area contributed by atoms with E-state index in [1.54, 1.807) is 0 Å². The predicted octanol–water partition coefficient (Wildman–Crippen LogP) is 1.07. The molecule has 0 bridgehead atoms. The topological polar surface area (TPSA) is 79.1 Å². The Kier molecular flexibility index (Phi) is 4.39. The quantitative estimate of drug-likeness (QED) is 0.739. The van der Waals surface area contributed by atoms with Crippen molar-refractivity contribution in [2.24, 2.45) is 0 Å². The van der Waals surface area contributed by atoms with Gasteiger partial charge in [0.25, 0.3) is 0 Å². The lowest BCUT2D eigenvalue weighted by Gasteiger charge is -2.03. The Morgan fingerprint density at radius 1 is 1.58 bits per heavy atom. The Hall–Kier alpha value is -2.03. The van der Waals surface area contributed by atoms with Gasteiger partial charge in [-0.1, -0.05) is 0 Å². The number of esters is 1. The molecule has 0 aromatic carbocycles. The van der Waals surface area contributed by atoms with E-state index >= 15 is 0 Å². The molecule has 9 heteroatoms. The number of nitrogens with zero attached hydrogens (tertiary/aromatic N) is 4. The first-order chi connectivity index (χ1) is 9.24. The predicted molar refractivity (Wildman–Crippen MR) is 63.8 cm³/mol. The van der Waals surface area contributed by atoms with Gasteiger partial charge in [0.15, 0.2) is 5.82 Å². The lowest BCUT2D eigenvalue weighted by molar-refractivity contribution is 0.0606. The fraction of sp³-hybridized carbons (Fsp3) is 0.400. The number of hydrogen-bond donors (Lipinski definition) is 0. The number of halogens is 1. The third-order valence-corrected chi connectivity index (χ3v) is 2.97. The Morgan fingerprint density at radius 3 is 3.16 bits per heavy atom. The molecule has 19 heavy (non-hydrogen) atoms. The third kappa shape index (κ3) is 3.25. The highest BCUT2D eigenvalue weighted by atomic mass is 32.1. The van der Waals surface area contributed by atoms with Gasteiger partial charge in [0.05, 0.1) is 13.7 Å². The van der Waals surface area contributed by atoms with E-state index in [-0.39, 0.29) is 13.2 Å². The van der Waals surface area contributed by atoms with Crippen LogP contribution in [0.2, 0.25) is 0 Å². The zero-order valence-electron chi connectivity index (χ0n) is 10.1. The Bertz CT molecular complexity index is 556. The van der Waals surface area contributed by atoms with Crippen LogP contribution in [-0.2, 0) is 17.9 Å². The molecule has 0 aliphatic heterocycles. The van der Waals surface area contributed by atoms with E-state index < -0.39 is 12.6 Å². The number of aromatic nitrogens is 4. The van der Waals surface area contributed by atoms with E-state index in [0.717, 1.165) is 11.5 Å². The first kappa shape index (κ1) is 13.4. The maximum absolute atomic E-state index is 12.2. The molecule has 0 unspecified atom stereocenters. The molecular weight excluding hydrogens is 275 g/mol. The van der Waals surface area contributed by atoms with Crippen LogP contribution in [0, 0.1) is 0 Å². The van der Waals surface area contributed by atoms with Crippen LogP contribution in [-0.4, -0.2) is 38.9 Å². The minimum absolute atomic E-state index is 0.102. The van der Waals surface area contributed by atoms with Crippen molar-refractivity contribution in [2.45, 2.75) is 13.2 Å². The second-order valence-electron chi connectivity index (χ2n) is 3.40. The van der Waals surface area contributed by atoms with Crippen molar-refractivity contribution in [3.63, 3.8) is 0 Å². The van der Waals surface area contributed by atoms with E-state index in [4.69, 9.17) is 4.74 Å². The van der Waals surface area contributed by atoms with Gasteiger partial charge in [-0.2, -0.15) is 9.47 Å². The van der Waals surface area contributed by atoms with Crippen LogP contribution in [0.25, 0.3) is 0 Å². The monoisotopic (exact) mass is 286 g/mol. The van der Waals surface area contributed by atoms with Gasteiger partial charge < -0.3 is 9.47 Å². The van der Waals surface area contributed by atoms with Crippen LogP contribution < -0.4 is 4.74 Å². The van der Waals surface area contributed by atoms with Crippen molar-refractivity contribution in [2.75, 3.05) is 13.8 Å². The van der Waals surface area contributed by atoms with Gasteiger partial charge in [-0.15, -0.1) is 0 Å². The number of hydrogen-bond acceptors (Lipinski definition) is 7. The molecule has 0 aliphatic carbocycles. The fourth-order valence-electron chi connectivity index (χ4n) is 1.33. The molecule has 0 amide bonds. The van der Waals surface area contributed by atoms with Gasteiger partial charge in [-0.3, -0.25) is 0 Å². The smallest absolute Gasteiger partial charge is 0.349 e. The molecule has 2 heterocycles. The summed E-state index contributed by atoms with van der Waals surface area (Å²) in [6, 6.07) is 1.48. The Balaban J connectivity index is 1.96. The molecule has 0 aliphatic rings. The molecule has 7 nitrogen and oxygen atoms in total. The highest BCUT2D eigenvalue weighted by Gasteiger charge is 2.12. The van der Waals surface area contributed by atoms with Crippen LogP contribution in [0.4, 0.5) is 4.39 Å². The van der Waals surface area contributed by atoms with Crippen molar-refractivity contribution in [3.8, 4) is 5.88 Å². The molecule has 0 spiro atoms. The molecule has 102 valence electrons. The van der Waals surface area contributed by atoms with E-state index in [1.165, 1.54) is 24.2 Å². The van der Waals surface area contributed by atoms with Crippen LogP contribution >= 0.6 is 11.5 Å². The van der Waals surface area contributed by atoms with Crippen molar-refractivity contribution in [1.29, 1.82) is 0 Å². The Morgan fingerprint density at radius 2 is 2.42 bits per heavy atom. The van der Waals surface area contributed by atoms with Gasteiger partial charge in [0.2, 0.25) is 5.88 Å². The van der Waals surface area contributed by atoms with Crippen molar-refractivity contribution >= 4 is 17.5 Å². The highest BCUT2D eigenvalue weighted by Crippen LogP contribution is 2.18. The van der Waals surface area contributed by atoms with Gasteiger partial charge in [-0.05, 0) is 11.5 Å². The molecule has 0 N–H and O–H groups in total. The van der Waals surface area contributed by atoms with E-state index in [0.29, 0.717) is 16.6 Å². The minimum Gasteiger partial charge on any atom is -0.469 e. The number of rotatable bonds is 6. The Labute approximate surface area is 112 Å². The summed E-state index contributed by atoms with van der Waals surface area (Å²) in [4.78, 5) is 15.5. The van der Waals surface area contributed by atoms with Crippen LogP contribution in [0.3, 0.4) is 0 Å². The average Bonchev–Trinajstić information content (AvgIpc) is 3.05. The first-order valence-corrected chi connectivity index (χ1v) is 6.12. The largest absolute Gasteiger partial charge is 0.469 e. The van der Waals surface area contributed by atoms with Crippen molar-refractivity contribution < 1.29 is 18.7 Å². The number of aryl methyl sites for hydroxylation is 1. The summed E-state index contributed by atoms with van der Waals surface area (Å²) in [6.07, 6.45) is 1.33. The number of carbonyl (C=O) groups excluding carboxylic acids is 1. The van der Waals surface area contributed by atoms with Crippen LogP contribution in [0.5, 0.6) is 5.88 Å². The van der Waals surface area contributed by atoms with Gasteiger partial charge in [0, 0.05) is 6.07 Å². The van der Waals surface area contributed by atoms with E-state index in [1.807, 2.05) is 0 Å². The second kappa shape index (κ2) is 6.23. The molecule has 0 radical (unpaired) electrons. The zero-order valence-corrected chi connectivity index (χ0v) is 10.9. The molecule has 2 aromatic rings. The molecule has 2 rings (SSSR count). The molecule has 0 saturated carbocycles. The second-order valence-corrected chi connectivity index (χ2v) is 4.20. The third-order valence-electron chi connectivity index (χ3n) is 2.22. The summed E-state index contributed by atoms with van der Waals surface area (Å²) < 4.78 is 27.5. The number of carbonyl (C=O) groups is 1. The van der Waals surface area contributed by atoms with E-state index in [2.05, 4.69) is 19.2 Å².